The Morgan fingerprint density at radius 3 is 2.82 bits per heavy atom. The lowest BCUT2D eigenvalue weighted by Gasteiger charge is -2.33. The highest BCUT2D eigenvalue weighted by Crippen LogP contribution is 2.34. The number of methoxy groups -OCH3 is 1. The maximum absolute atomic E-state index is 13.3. The van der Waals surface area contributed by atoms with E-state index in [2.05, 4.69) is 10.3 Å². The molecular weight excluding hydrogens is 480 g/mol. The molecule has 1 amide bonds. The molecule has 0 spiro atoms. The maximum Gasteiger partial charge on any atom is 0.231 e. The number of sulfonamides is 1. The number of hydrogen-bond donors (Lipinski definition) is 1. The third-order valence-electron chi connectivity index (χ3n) is 5.72. The van der Waals surface area contributed by atoms with E-state index in [1.165, 1.54) is 15.6 Å². The van der Waals surface area contributed by atoms with Gasteiger partial charge in [-0.2, -0.15) is 0 Å². The van der Waals surface area contributed by atoms with Crippen LogP contribution in [0.4, 0.5) is 10.8 Å². The van der Waals surface area contributed by atoms with Crippen molar-refractivity contribution in [3.63, 3.8) is 0 Å². The number of benzene rings is 1. The molecule has 0 aliphatic carbocycles. The first-order valence-electron chi connectivity index (χ1n) is 10.9. The molecule has 1 aromatic carbocycles. The van der Waals surface area contributed by atoms with Gasteiger partial charge in [0.2, 0.25) is 15.9 Å². The maximum atomic E-state index is 13.3. The van der Waals surface area contributed by atoms with Crippen LogP contribution in [0.5, 0.6) is 5.75 Å². The molecule has 11 heteroatoms. The van der Waals surface area contributed by atoms with E-state index in [0.29, 0.717) is 19.5 Å². The van der Waals surface area contributed by atoms with Gasteiger partial charge in [-0.3, -0.25) is 4.79 Å². The molecule has 0 saturated carbocycles. The van der Waals surface area contributed by atoms with Gasteiger partial charge in [0.25, 0.3) is 0 Å². The van der Waals surface area contributed by atoms with Gasteiger partial charge in [-0.05, 0) is 50.1 Å². The predicted molar refractivity (Wildman–Crippen MR) is 134 cm³/mol. The molecule has 33 heavy (non-hydrogen) atoms. The van der Waals surface area contributed by atoms with Crippen molar-refractivity contribution in [1.82, 2.24) is 14.2 Å². The van der Waals surface area contributed by atoms with Crippen molar-refractivity contribution in [2.45, 2.75) is 19.8 Å². The van der Waals surface area contributed by atoms with Crippen LogP contribution in [0.3, 0.4) is 0 Å². The standard InChI is InChI=1S/C22H28N4O4S3/c1-3-33(28,29)25-10-4-5-16(14-25)21(27)26-11-12-31-20(26)13-18-15-32-22(24-18)23-17-6-8-19(30-2)9-7-17/h6-9,13,15-16H,3-5,10-12,14H2,1-2H3,(H,23,24)/b20-13+/t16-/m0/s1. The highest BCUT2D eigenvalue weighted by atomic mass is 32.2. The summed E-state index contributed by atoms with van der Waals surface area (Å²) >= 11 is 3.13. The van der Waals surface area contributed by atoms with Gasteiger partial charge in [-0.25, -0.2) is 17.7 Å². The zero-order chi connectivity index (χ0) is 23.4. The van der Waals surface area contributed by atoms with Crippen LogP contribution in [0.1, 0.15) is 25.5 Å². The fraction of sp³-hybridized carbons (Fsp3) is 0.455. The Kier molecular flexibility index (Phi) is 7.62. The van der Waals surface area contributed by atoms with E-state index in [4.69, 9.17) is 4.74 Å². The highest BCUT2D eigenvalue weighted by molar-refractivity contribution is 8.03. The Hall–Kier alpha value is -2.08. The molecule has 1 N–H and O–H groups in total. The summed E-state index contributed by atoms with van der Waals surface area (Å²) in [5.74, 6) is 1.39. The van der Waals surface area contributed by atoms with Gasteiger partial charge in [0, 0.05) is 36.5 Å². The van der Waals surface area contributed by atoms with Crippen LogP contribution in [0.15, 0.2) is 34.7 Å². The van der Waals surface area contributed by atoms with E-state index in [-0.39, 0.29) is 24.1 Å². The molecule has 2 aromatic rings. The number of nitrogens with zero attached hydrogens (tertiary/aromatic N) is 3. The highest BCUT2D eigenvalue weighted by Gasteiger charge is 2.36. The summed E-state index contributed by atoms with van der Waals surface area (Å²) in [6.45, 7) is 3.05. The molecule has 3 heterocycles. The number of thioether (sulfide) groups is 1. The Bertz CT molecular complexity index is 1110. The van der Waals surface area contributed by atoms with Crippen molar-refractivity contribution in [1.29, 1.82) is 0 Å². The minimum absolute atomic E-state index is 0.00839. The van der Waals surface area contributed by atoms with Gasteiger partial charge in [0.05, 0.1) is 29.5 Å². The van der Waals surface area contributed by atoms with Crippen LogP contribution in [-0.2, 0) is 14.8 Å². The van der Waals surface area contributed by atoms with E-state index in [1.807, 2.05) is 35.7 Å². The Morgan fingerprint density at radius 2 is 2.09 bits per heavy atom. The van der Waals surface area contributed by atoms with Crippen LogP contribution >= 0.6 is 23.1 Å². The fourth-order valence-corrected chi connectivity index (χ4v) is 6.79. The minimum Gasteiger partial charge on any atom is -0.497 e. The molecule has 0 bridgehead atoms. The summed E-state index contributed by atoms with van der Waals surface area (Å²) in [5.41, 5.74) is 1.71. The van der Waals surface area contributed by atoms with Crippen molar-refractivity contribution in [2.24, 2.45) is 5.92 Å². The average Bonchev–Trinajstić information content (AvgIpc) is 3.49. The van der Waals surface area contributed by atoms with E-state index in [0.717, 1.165) is 39.5 Å². The Balaban J connectivity index is 1.43. The zero-order valence-corrected chi connectivity index (χ0v) is 21.1. The van der Waals surface area contributed by atoms with E-state index < -0.39 is 10.0 Å². The molecule has 0 unspecified atom stereocenters. The molecule has 1 aromatic heterocycles. The minimum atomic E-state index is -3.28. The first kappa shape index (κ1) is 24.1. The Labute approximate surface area is 203 Å². The van der Waals surface area contributed by atoms with Crippen LogP contribution in [0.2, 0.25) is 0 Å². The number of anilines is 2. The summed E-state index contributed by atoms with van der Waals surface area (Å²) in [4.78, 5) is 19.7. The molecule has 2 aliphatic heterocycles. The van der Waals surface area contributed by atoms with Gasteiger partial charge in [0.15, 0.2) is 5.13 Å². The number of thiazole rings is 1. The Morgan fingerprint density at radius 1 is 1.30 bits per heavy atom. The van der Waals surface area contributed by atoms with Gasteiger partial charge in [0.1, 0.15) is 5.75 Å². The summed E-state index contributed by atoms with van der Waals surface area (Å²) in [6.07, 6.45) is 3.37. The second-order valence-corrected chi connectivity index (χ2v) is 12.1. The molecular formula is C22H28N4O4S3. The van der Waals surface area contributed by atoms with Crippen LogP contribution in [0, 0.1) is 5.92 Å². The number of ether oxygens (including phenoxy) is 1. The number of aromatic nitrogens is 1. The smallest absolute Gasteiger partial charge is 0.231 e. The molecule has 178 valence electrons. The van der Waals surface area contributed by atoms with Gasteiger partial charge in [-0.1, -0.05) is 0 Å². The number of nitrogens with one attached hydrogen (secondary N) is 1. The number of piperidine rings is 1. The molecule has 2 fully saturated rings. The largest absolute Gasteiger partial charge is 0.497 e. The summed E-state index contributed by atoms with van der Waals surface area (Å²) < 4.78 is 31.2. The van der Waals surface area contributed by atoms with Gasteiger partial charge in [-0.15, -0.1) is 23.1 Å². The van der Waals surface area contributed by atoms with Crippen molar-refractivity contribution < 1.29 is 17.9 Å². The van der Waals surface area contributed by atoms with Crippen LogP contribution in [-0.4, -0.2) is 66.8 Å². The zero-order valence-electron chi connectivity index (χ0n) is 18.7. The molecule has 2 aliphatic rings. The number of hydrogen-bond acceptors (Lipinski definition) is 8. The predicted octanol–water partition coefficient (Wildman–Crippen LogP) is 3.83. The quantitative estimate of drug-likeness (QED) is 0.608. The van der Waals surface area contributed by atoms with Crippen molar-refractivity contribution >= 4 is 55.9 Å². The van der Waals surface area contributed by atoms with Gasteiger partial charge >= 0.3 is 0 Å². The average molecular weight is 509 g/mol. The van der Waals surface area contributed by atoms with Crippen molar-refractivity contribution in [3.05, 3.63) is 40.4 Å². The summed E-state index contributed by atoms with van der Waals surface area (Å²) in [7, 11) is -1.65. The normalized spacial score (nSPS) is 20.8. The lowest BCUT2D eigenvalue weighted by Crippen LogP contribution is -2.46. The van der Waals surface area contributed by atoms with Crippen LogP contribution < -0.4 is 10.1 Å². The summed E-state index contributed by atoms with van der Waals surface area (Å²) in [5, 5.41) is 6.87. The third-order valence-corrected chi connectivity index (χ3v) is 9.37. The monoisotopic (exact) mass is 508 g/mol. The fourth-order valence-electron chi connectivity index (χ4n) is 3.90. The first-order valence-corrected chi connectivity index (χ1v) is 14.4. The van der Waals surface area contributed by atoms with E-state index in [1.54, 1.807) is 30.7 Å². The SMILES string of the molecule is CCS(=O)(=O)N1CCC[C@H](C(=O)N2CCS/C2=C/c2csc(Nc3ccc(OC)cc3)n2)C1. The lowest BCUT2D eigenvalue weighted by molar-refractivity contribution is -0.133. The number of amides is 1. The van der Waals surface area contributed by atoms with E-state index in [9.17, 15) is 13.2 Å². The topological polar surface area (TPSA) is 91.8 Å². The molecule has 4 rings (SSSR count). The number of rotatable bonds is 7. The molecule has 0 radical (unpaired) electrons. The van der Waals surface area contributed by atoms with Crippen molar-refractivity contribution in [3.8, 4) is 5.75 Å². The molecule has 2 saturated heterocycles. The van der Waals surface area contributed by atoms with E-state index >= 15 is 0 Å². The van der Waals surface area contributed by atoms with Crippen molar-refractivity contribution in [2.75, 3.05) is 43.6 Å². The number of carbonyl (C=O) groups excluding carboxylic acids is 1. The second-order valence-electron chi connectivity index (χ2n) is 7.85. The van der Waals surface area contributed by atoms with Crippen LogP contribution in [0.25, 0.3) is 6.08 Å². The third kappa shape index (κ3) is 5.71. The first-order chi connectivity index (χ1) is 15.9. The molecule has 8 nitrogen and oxygen atoms in total. The lowest BCUT2D eigenvalue weighted by atomic mass is 9.98. The molecule has 1 atom stereocenters. The summed E-state index contributed by atoms with van der Waals surface area (Å²) in [6, 6.07) is 7.63. The second kappa shape index (κ2) is 10.5. The number of carbonyl (C=O) groups is 1. The van der Waals surface area contributed by atoms with Gasteiger partial charge < -0.3 is 15.0 Å².